The lowest BCUT2D eigenvalue weighted by Gasteiger charge is -2.30. The minimum Gasteiger partial charge on any atom is -0.370 e. The number of aryl methyl sites for hydroxylation is 1. The molecule has 6 nitrogen and oxygen atoms in total. The van der Waals surface area contributed by atoms with Crippen LogP contribution in [0.15, 0.2) is 0 Å². The summed E-state index contributed by atoms with van der Waals surface area (Å²) in [5, 5.41) is 4.53. The van der Waals surface area contributed by atoms with Crippen LogP contribution < -0.4 is 5.73 Å². The van der Waals surface area contributed by atoms with Gasteiger partial charge in [-0.15, -0.1) is 0 Å². The van der Waals surface area contributed by atoms with E-state index in [1.54, 1.807) is 0 Å². The average molecular weight is 297 g/mol. The van der Waals surface area contributed by atoms with E-state index in [-0.39, 0.29) is 5.91 Å². The Kier molecular flexibility index (Phi) is 4.93. The molecule has 1 unspecified atom stereocenters. The second-order valence-corrected chi connectivity index (χ2v) is 6.05. The van der Waals surface area contributed by atoms with Gasteiger partial charge in [0.05, 0.1) is 6.67 Å². The van der Waals surface area contributed by atoms with Gasteiger partial charge in [0.15, 0.2) is 4.77 Å². The highest BCUT2D eigenvalue weighted by atomic mass is 32.1. The van der Waals surface area contributed by atoms with Gasteiger partial charge in [-0.3, -0.25) is 9.69 Å². The normalized spacial score (nSPS) is 20.2. The van der Waals surface area contributed by atoms with E-state index in [1.165, 1.54) is 12.8 Å². The number of primary amides is 1. The molecular weight excluding hydrogens is 274 g/mol. The van der Waals surface area contributed by atoms with Crippen LogP contribution in [0.3, 0.4) is 0 Å². The quantitative estimate of drug-likeness (QED) is 0.825. The lowest BCUT2D eigenvalue weighted by molar-refractivity contribution is -0.118. The minimum absolute atomic E-state index is 0.306. The molecule has 112 valence electrons. The van der Waals surface area contributed by atoms with Gasteiger partial charge in [0.25, 0.3) is 0 Å². The second kappa shape index (κ2) is 6.49. The Labute approximate surface area is 124 Å². The van der Waals surface area contributed by atoms with Crippen molar-refractivity contribution >= 4 is 18.1 Å². The Morgan fingerprint density at radius 2 is 2.30 bits per heavy atom. The van der Waals surface area contributed by atoms with Gasteiger partial charge in [-0.25, -0.2) is 4.68 Å². The fraction of sp³-hybridized carbons (Fsp3) is 0.769. The number of likely N-dealkylation sites (tertiary alicyclic amines) is 1. The Hall–Kier alpha value is -1.21. The molecule has 1 aliphatic rings. The van der Waals surface area contributed by atoms with Crippen molar-refractivity contribution in [2.75, 3.05) is 13.1 Å². The first kappa shape index (κ1) is 15.2. The molecule has 1 atom stereocenters. The van der Waals surface area contributed by atoms with Crippen LogP contribution in [-0.4, -0.2) is 38.2 Å². The minimum atomic E-state index is -0.310. The highest BCUT2D eigenvalue weighted by Gasteiger charge is 2.18. The molecule has 0 aromatic carbocycles. The molecule has 2 N–H and O–H groups in total. The zero-order valence-corrected chi connectivity index (χ0v) is 13.0. The zero-order chi connectivity index (χ0) is 14.7. The maximum atomic E-state index is 10.9. The van der Waals surface area contributed by atoms with Crippen LogP contribution in [0.2, 0.25) is 0 Å². The number of carbonyl (C=O) groups is 1. The highest BCUT2D eigenvalue weighted by Crippen LogP contribution is 2.16. The Morgan fingerprint density at radius 3 is 2.95 bits per heavy atom. The number of nitrogens with two attached hydrogens (primary N) is 1. The number of carbonyl (C=O) groups excluding carboxylic acids is 1. The summed E-state index contributed by atoms with van der Waals surface area (Å²) < 4.78 is 4.41. The molecule has 0 bridgehead atoms. The third-order valence-electron chi connectivity index (χ3n) is 3.80. The van der Waals surface area contributed by atoms with Gasteiger partial charge in [0.1, 0.15) is 5.82 Å². The maximum Gasteiger partial charge on any atom is 0.217 e. The van der Waals surface area contributed by atoms with Gasteiger partial charge in [-0.1, -0.05) is 6.92 Å². The highest BCUT2D eigenvalue weighted by molar-refractivity contribution is 7.71. The third kappa shape index (κ3) is 3.67. The number of hydrogen-bond donors (Lipinski definition) is 1. The number of nitrogens with zero attached hydrogens (tertiary/aromatic N) is 4. The van der Waals surface area contributed by atoms with Crippen LogP contribution in [0.25, 0.3) is 0 Å². The molecule has 1 aromatic rings. The van der Waals surface area contributed by atoms with E-state index < -0.39 is 0 Å². The number of aromatic nitrogens is 3. The predicted molar refractivity (Wildman–Crippen MR) is 79.5 cm³/mol. The van der Waals surface area contributed by atoms with Crippen LogP contribution in [-0.2, 0) is 24.9 Å². The summed E-state index contributed by atoms with van der Waals surface area (Å²) in [5.74, 6) is 1.24. The van der Waals surface area contributed by atoms with E-state index in [0.29, 0.717) is 17.6 Å². The largest absolute Gasteiger partial charge is 0.370 e. The predicted octanol–water partition coefficient (Wildman–Crippen LogP) is 1.06. The van der Waals surface area contributed by atoms with Gasteiger partial charge in [0.2, 0.25) is 5.91 Å². The van der Waals surface area contributed by atoms with Crippen molar-refractivity contribution in [3.05, 3.63) is 10.6 Å². The molecular formula is C13H23N5OS. The Balaban J connectivity index is 2.06. The van der Waals surface area contributed by atoms with Gasteiger partial charge >= 0.3 is 0 Å². The summed E-state index contributed by atoms with van der Waals surface area (Å²) in [6.45, 7) is 5.20. The molecule has 1 aromatic heterocycles. The van der Waals surface area contributed by atoms with E-state index in [1.807, 2.05) is 16.3 Å². The van der Waals surface area contributed by atoms with E-state index in [2.05, 4.69) is 16.9 Å². The maximum absolute atomic E-state index is 10.9. The smallest absolute Gasteiger partial charge is 0.217 e. The molecule has 1 saturated heterocycles. The third-order valence-corrected chi connectivity index (χ3v) is 4.29. The van der Waals surface area contributed by atoms with Crippen LogP contribution in [0.4, 0.5) is 0 Å². The molecule has 2 rings (SSSR count). The summed E-state index contributed by atoms with van der Waals surface area (Å²) in [6, 6.07) is 0. The van der Waals surface area contributed by atoms with Crippen molar-refractivity contribution in [2.45, 2.75) is 39.3 Å². The molecule has 1 fully saturated rings. The first-order chi connectivity index (χ1) is 9.47. The first-order valence-electron chi connectivity index (χ1n) is 7.10. The van der Waals surface area contributed by atoms with E-state index in [0.717, 1.165) is 31.5 Å². The van der Waals surface area contributed by atoms with Crippen molar-refractivity contribution in [3.8, 4) is 0 Å². The van der Waals surface area contributed by atoms with Crippen LogP contribution in [0.1, 0.15) is 32.0 Å². The molecule has 2 heterocycles. The fourth-order valence-electron chi connectivity index (χ4n) is 2.68. The Morgan fingerprint density at radius 1 is 1.55 bits per heavy atom. The van der Waals surface area contributed by atoms with Gasteiger partial charge in [-0.2, -0.15) is 5.10 Å². The van der Waals surface area contributed by atoms with Crippen LogP contribution in [0, 0.1) is 10.7 Å². The van der Waals surface area contributed by atoms with Gasteiger partial charge in [0, 0.05) is 26.4 Å². The van der Waals surface area contributed by atoms with Crippen molar-refractivity contribution in [1.29, 1.82) is 0 Å². The Bertz CT molecular complexity index is 535. The fourth-order valence-corrected chi connectivity index (χ4v) is 2.89. The molecule has 0 spiro atoms. The van der Waals surface area contributed by atoms with Crippen LogP contribution in [0.5, 0.6) is 0 Å². The number of amides is 1. The molecule has 0 aliphatic carbocycles. The van der Waals surface area contributed by atoms with E-state index >= 15 is 0 Å². The van der Waals surface area contributed by atoms with Crippen LogP contribution >= 0.6 is 12.2 Å². The molecule has 20 heavy (non-hydrogen) atoms. The topological polar surface area (TPSA) is 69.1 Å². The van der Waals surface area contributed by atoms with E-state index in [9.17, 15) is 4.79 Å². The number of rotatable bonds is 5. The van der Waals surface area contributed by atoms with Crippen molar-refractivity contribution in [3.63, 3.8) is 0 Å². The standard InChI is InChI=1S/C13H23N5OS/c1-10-4-3-7-17(8-10)9-18-13(20)16(2)12(15-18)6-5-11(14)19/h10H,3-9H2,1-2H3,(H2,14,19). The van der Waals surface area contributed by atoms with Gasteiger partial charge in [-0.05, 0) is 37.5 Å². The first-order valence-corrected chi connectivity index (χ1v) is 7.51. The van der Waals surface area contributed by atoms with Crippen molar-refractivity contribution in [2.24, 2.45) is 18.7 Å². The molecule has 1 amide bonds. The summed E-state index contributed by atoms with van der Waals surface area (Å²) in [5.41, 5.74) is 5.18. The molecule has 1 aliphatic heterocycles. The number of hydrogen-bond acceptors (Lipinski definition) is 4. The summed E-state index contributed by atoms with van der Waals surface area (Å²) in [4.78, 5) is 13.3. The zero-order valence-electron chi connectivity index (χ0n) is 12.2. The second-order valence-electron chi connectivity index (χ2n) is 5.69. The van der Waals surface area contributed by atoms with Crippen molar-refractivity contribution < 1.29 is 4.79 Å². The van der Waals surface area contributed by atoms with E-state index in [4.69, 9.17) is 18.0 Å². The monoisotopic (exact) mass is 297 g/mol. The summed E-state index contributed by atoms with van der Waals surface area (Å²) >= 11 is 5.41. The molecule has 0 saturated carbocycles. The summed E-state index contributed by atoms with van der Waals surface area (Å²) in [6.07, 6.45) is 3.38. The average Bonchev–Trinajstić information content (AvgIpc) is 2.65. The lowest BCUT2D eigenvalue weighted by Crippen LogP contribution is -2.36. The lowest BCUT2D eigenvalue weighted by atomic mass is 10.0. The van der Waals surface area contributed by atoms with Gasteiger partial charge < -0.3 is 10.3 Å². The molecule has 7 heteroatoms. The SMILES string of the molecule is CC1CCCN(Cn2nc(CCC(N)=O)n(C)c2=S)C1. The summed E-state index contributed by atoms with van der Waals surface area (Å²) in [7, 11) is 1.89. The number of piperidine rings is 1. The molecule has 0 radical (unpaired) electrons. The van der Waals surface area contributed by atoms with Crippen molar-refractivity contribution in [1.82, 2.24) is 19.2 Å².